The monoisotopic (exact) mass is 343 g/mol. The van der Waals surface area contributed by atoms with Gasteiger partial charge in [-0.1, -0.05) is 12.1 Å². The molecular weight excluding hydrogens is 322 g/mol. The number of phenols is 1. The number of ether oxygens (including phenoxy) is 1. The summed E-state index contributed by atoms with van der Waals surface area (Å²) in [6.07, 6.45) is 5.78. The van der Waals surface area contributed by atoms with Gasteiger partial charge in [0.15, 0.2) is 0 Å². The van der Waals surface area contributed by atoms with E-state index in [1.54, 1.807) is 17.6 Å². The summed E-state index contributed by atoms with van der Waals surface area (Å²) >= 11 is 1.57. The minimum absolute atomic E-state index is 0.222. The highest BCUT2D eigenvalue weighted by molar-refractivity contribution is 7.16. The maximum absolute atomic E-state index is 12.4. The van der Waals surface area contributed by atoms with Crippen molar-refractivity contribution in [2.24, 2.45) is 4.99 Å². The second kappa shape index (κ2) is 7.18. The highest BCUT2D eigenvalue weighted by Crippen LogP contribution is 2.40. The van der Waals surface area contributed by atoms with E-state index in [-0.39, 0.29) is 11.7 Å². The van der Waals surface area contributed by atoms with Gasteiger partial charge in [0.1, 0.15) is 10.8 Å². The van der Waals surface area contributed by atoms with Gasteiger partial charge in [0.25, 0.3) is 0 Å². The molecule has 0 radical (unpaired) electrons. The molecule has 0 aliphatic heterocycles. The van der Waals surface area contributed by atoms with Crippen LogP contribution in [-0.4, -0.2) is 23.9 Å². The quantitative estimate of drug-likeness (QED) is 0.653. The Morgan fingerprint density at radius 1 is 1.38 bits per heavy atom. The van der Waals surface area contributed by atoms with E-state index in [0.717, 1.165) is 36.8 Å². The molecule has 0 spiro atoms. The average Bonchev–Trinajstić information content (AvgIpc) is 2.95. The second-order valence-electron chi connectivity index (χ2n) is 5.88. The molecule has 2 aromatic rings. The second-order valence-corrected chi connectivity index (χ2v) is 6.97. The van der Waals surface area contributed by atoms with Gasteiger partial charge in [0.2, 0.25) is 0 Å². The summed E-state index contributed by atoms with van der Waals surface area (Å²) in [6, 6.07) is 5.53. The van der Waals surface area contributed by atoms with Crippen molar-refractivity contribution in [3.63, 3.8) is 0 Å². The van der Waals surface area contributed by atoms with Crippen LogP contribution in [0, 0.1) is 6.92 Å². The summed E-state index contributed by atoms with van der Waals surface area (Å²) < 4.78 is 5.23. The van der Waals surface area contributed by atoms with Crippen LogP contribution in [0.15, 0.2) is 23.2 Å². The molecule has 1 aromatic carbocycles. The van der Waals surface area contributed by atoms with Crippen molar-refractivity contribution in [1.82, 2.24) is 0 Å². The van der Waals surface area contributed by atoms with Gasteiger partial charge >= 0.3 is 5.97 Å². The van der Waals surface area contributed by atoms with E-state index in [2.05, 4.69) is 4.99 Å². The number of carbonyl (C=O) groups excluding carboxylic acids is 1. The zero-order valence-corrected chi connectivity index (χ0v) is 14.8. The molecule has 0 bridgehead atoms. The van der Waals surface area contributed by atoms with E-state index in [0.29, 0.717) is 22.7 Å². The molecule has 5 heteroatoms. The van der Waals surface area contributed by atoms with E-state index in [9.17, 15) is 9.90 Å². The first kappa shape index (κ1) is 16.7. The first-order chi connectivity index (χ1) is 11.6. The zero-order chi connectivity index (χ0) is 17.1. The van der Waals surface area contributed by atoms with E-state index in [1.165, 1.54) is 4.88 Å². The number of nitrogens with zero attached hydrogens (tertiary/aromatic N) is 1. The van der Waals surface area contributed by atoms with E-state index >= 15 is 0 Å². The van der Waals surface area contributed by atoms with Gasteiger partial charge in [-0.25, -0.2) is 9.79 Å². The highest BCUT2D eigenvalue weighted by Gasteiger charge is 2.26. The van der Waals surface area contributed by atoms with Gasteiger partial charge < -0.3 is 9.84 Å². The number of aliphatic imine (C=N–C) groups is 1. The first-order valence-electron chi connectivity index (χ1n) is 8.26. The number of para-hydroxylation sites is 1. The molecule has 126 valence electrons. The lowest BCUT2D eigenvalue weighted by Gasteiger charge is -2.11. The van der Waals surface area contributed by atoms with Crippen LogP contribution >= 0.6 is 11.3 Å². The Labute approximate surface area is 145 Å². The molecule has 0 saturated carbocycles. The number of benzene rings is 1. The number of carbonyl (C=O) groups is 1. The average molecular weight is 343 g/mol. The largest absolute Gasteiger partial charge is 0.507 e. The maximum Gasteiger partial charge on any atom is 0.341 e. The third-order valence-corrected chi connectivity index (χ3v) is 5.42. The van der Waals surface area contributed by atoms with Crippen molar-refractivity contribution in [1.29, 1.82) is 0 Å². The molecule has 1 N–H and O–H groups in total. The summed E-state index contributed by atoms with van der Waals surface area (Å²) in [7, 11) is 0. The van der Waals surface area contributed by atoms with Crippen LogP contribution in [0.1, 0.15) is 51.7 Å². The smallest absolute Gasteiger partial charge is 0.341 e. The summed E-state index contributed by atoms with van der Waals surface area (Å²) in [5, 5.41) is 10.8. The lowest BCUT2D eigenvalue weighted by atomic mass is 9.95. The fourth-order valence-corrected chi connectivity index (χ4v) is 4.19. The Hall–Kier alpha value is -2.14. The number of aryl methyl sites for hydroxylation is 2. The standard InChI is InChI=1S/C19H21NO3S/c1-3-23-19(22)16-14-9-4-5-10-15(14)24-18(16)20-11-13-8-6-7-12(2)17(13)21/h6-8,11,21H,3-5,9-10H2,1-2H3. The number of fused-ring (bicyclic) bond motifs is 1. The predicted molar refractivity (Wildman–Crippen MR) is 97.0 cm³/mol. The minimum Gasteiger partial charge on any atom is -0.507 e. The van der Waals surface area contributed by atoms with E-state index < -0.39 is 0 Å². The molecule has 0 saturated heterocycles. The van der Waals surface area contributed by atoms with Crippen LogP contribution < -0.4 is 0 Å². The Morgan fingerprint density at radius 2 is 2.17 bits per heavy atom. The van der Waals surface area contributed by atoms with Crippen molar-refractivity contribution in [2.45, 2.75) is 39.5 Å². The maximum atomic E-state index is 12.4. The Kier molecular flexibility index (Phi) is 5.00. The topological polar surface area (TPSA) is 58.9 Å². The molecule has 1 aromatic heterocycles. The Bertz CT molecular complexity index is 792. The molecule has 0 atom stereocenters. The SMILES string of the molecule is CCOC(=O)c1c(N=Cc2cccc(C)c2O)sc2c1CCCC2. The predicted octanol–water partition coefficient (Wildman–Crippen LogP) is 4.57. The fraction of sp³-hybridized carbons (Fsp3) is 0.368. The fourth-order valence-electron chi connectivity index (χ4n) is 2.97. The van der Waals surface area contributed by atoms with Crippen molar-refractivity contribution in [2.75, 3.05) is 6.61 Å². The van der Waals surface area contributed by atoms with Gasteiger partial charge in [-0.2, -0.15) is 0 Å². The van der Waals surface area contributed by atoms with Crippen LogP contribution in [-0.2, 0) is 17.6 Å². The summed E-state index contributed by atoms with van der Waals surface area (Å²) in [5.41, 5.74) is 3.16. The highest BCUT2D eigenvalue weighted by atomic mass is 32.1. The molecular formula is C19H21NO3S. The molecule has 0 amide bonds. The van der Waals surface area contributed by atoms with Crippen LogP contribution in [0.2, 0.25) is 0 Å². The molecule has 0 unspecified atom stereocenters. The van der Waals surface area contributed by atoms with E-state index in [4.69, 9.17) is 4.74 Å². The molecule has 3 rings (SSSR count). The molecule has 0 fully saturated rings. The lowest BCUT2D eigenvalue weighted by Crippen LogP contribution is -2.09. The number of phenolic OH excluding ortho intramolecular Hbond substituents is 1. The zero-order valence-electron chi connectivity index (χ0n) is 14.0. The van der Waals surface area contributed by atoms with Gasteiger partial charge in [0.05, 0.1) is 12.2 Å². The third-order valence-electron chi connectivity index (χ3n) is 4.22. The van der Waals surface area contributed by atoms with Crippen molar-refractivity contribution in [3.8, 4) is 5.75 Å². The Balaban J connectivity index is 2.00. The normalized spacial score (nSPS) is 13.9. The first-order valence-corrected chi connectivity index (χ1v) is 9.07. The number of esters is 1. The number of hydrogen-bond donors (Lipinski definition) is 1. The van der Waals surface area contributed by atoms with Gasteiger partial charge in [-0.3, -0.25) is 0 Å². The number of hydrogen-bond acceptors (Lipinski definition) is 5. The van der Waals surface area contributed by atoms with Gasteiger partial charge in [-0.05, 0) is 56.7 Å². The third kappa shape index (κ3) is 3.22. The molecule has 1 aliphatic rings. The van der Waals surface area contributed by atoms with E-state index in [1.807, 2.05) is 32.0 Å². The van der Waals surface area contributed by atoms with Crippen molar-refractivity contribution in [3.05, 3.63) is 45.3 Å². The van der Waals surface area contributed by atoms with Crippen molar-refractivity contribution < 1.29 is 14.6 Å². The minimum atomic E-state index is -0.294. The lowest BCUT2D eigenvalue weighted by molar-refractivity contribution is 0.0526. The van der Waals surface area contributed by atoms with Crippen LogP contribution in [0.5, 0.6) is 5.75 Å². The van der Waals surface area contributed by atoms with Crippen molar-refractivity contribution >= 4 is 28.5 Å². The van der Waals surface area contributed by atoms with Crippen LogP contribution in [0.25, 0.3) is 0 Å². The molecule has 1 aliphatic carbocycles. The molecule has 24 heavy (non-hydrogen) atoms. The summed E-state index contributed by atoms with van der Waals surface area (Å²) in [4.78, 5) is 18.2. The van der Waals surface area contributed by atoms with Gasteiger partial charge in [-0.15, -0.1) is 11.3 Å². The Morgan fingerprint density at radius 3 is 2.96 bits per heavy atom. The van der Waals surface area contributed by atoms with Crippen LogP contribution in [0.4, 0.5) is 5.00 Å². The van der Waals surface area contributed by atoms with Crippen LogP contribution in [0.3, 0.4) is 0 Å². The van der Waals surface area contributed by atoms with Gasteiger partial charge in [0, 0.05) is 16.7 Å². The number of thiophene rings is 1. The number of rotatable bonds is 4. The molecule has 4 nitrogen and oxygen atoms in total. The summed E-state index contributed by atoms with van der Waals surface area (Å²) in [6.45, 7) is 4.01. The number of aromatic hydroxyl groups is 1. The summed E-state index contributed by atoms with van der Waals surface area (Å²) in [5.74, 6) is -0.0715. The molecule has 1 heterocycles.